The third kappa shape index (κ3) is 4.32. The van der Waals surface area contributed by atoms with Crippen molar-refractivity contribution in [3.8, 4) is 0 Å². The van der Waals surface area contributed by atoms with Crippen molar-refractivity contribution in [3.05, 3.63) is 64.6 Å². The first-order valence-electron chi connectivity index (χ1n) is 7.65. The zero-order valence-electron chi connectivity index (χ0n) is 13.7. The number of benzene rings is 1. The number of hydrogen-bond donors (Lipinski definition) is 1. The molecule has 1 amide bonds. The van der Waals surface area contributed by atoms with E-state index in [1.165, 1.54) is 23.9 Å². The second kappa shape index (κ2) is 8.10. The zero-order valence-corrected chi connectivity index (χ0v) is 13.7. The van der Waals surface area contributed by atoms with Crippen LogP contribution >= 0.6 is 0 Å². The van der Waals surface area contributed by atoms with Crippen molar-refractivity contribution in [2.24, 2.45) is 0 Å². The van der Waals surface area contributed by atoms with E-state index in [1.54, 1.807) is 13.0 Å². The fourth-order valence-corrected chi connectivity index (χ4v) is 2.31. The van der Waals surface area contributed by atoms with Gasteiger partial charge in [0.1, 0.15) is 11.7 Å². The van der Waals surface area contributed by atoms with E-state index in [-0.39, 0.29) is 18.0 Å². The molecule has 0 radical (unpaired) electrons. The summed E-state index contributed by atoms with van der Waals surface area (Å²) in [5.74, 6) is -0.774. The molecule has 6 nitrogen and oxygen atoms in total. The summed E-state index contributed by atoms with van der Waals surface area (Å²) >= 11 is 0. The van der Waals surface area contributed by atoms with Gasteiger partial charge in [-0.2, -0.15) is 0 Å². The van der Waals surface area contributed by atoms with E-state index in [0.29, 0.717) is 6.42 Å². The number of anilines is 1. The highest BCUT2D eigenvalue weighted by Crippen LogP contribution is 2.08. The molecule has 1 unspecified atom stereocenters. The Balaban J connectivity index is 2.06. The van der Waals surface area contributed by atoms with Gasteiger partial charge in [-0.3, -0.25) is 14.2 Å². The smallest absolute Gasteiger partial charge is 0.328 e. The number of ether oxygens (including phenoxy) is 1. The molecule has 0 fully saturated rings. The zero-order chi connectivity index (χ0) is 17.5. The van der Waals surface area contributed by atoms with Crippen LogP contribution in [0.5, 0.6) is 0 Å². The topological polar surface area (TPSA) is 77.4 Å². The molecule has 1 heterocycles. The number of carbonyl (C=O) groups is 2. The maximum Gasteiger partial charge on any atom is 0.328 e. The van der Waals surface area contributed by atoms with Crippen molar-refractivity contribution in [3.63, 3.8) is 0 Å². The Morgan fingerprint density at radius 3 is 2.54 bits per heavy atom. The van der Waals surface area contributed by atoms with Crippen LogP contribution in [0, 0.1) is 0 Å². The predicted octanol–water partition coefficient (Wildman–Crippen LogP) is 2.15. The summed E-state index contributed by atoms with van der Waals surface area (Å²) in [7, 11) is 1.26. The van der Waals surface area contributed by atoms with Gasteiger partial charge in [-0.15, -0.1) is 0 Å². The Hall–Kier alpha value is -2.89. The molecule has 1 aromatic carbocycles. The van der Waals surface area contributed by atoms with Gasteiger partial charge in [0.25, 0.3) is 5.56 Å². The average molecular weight is 328 g/mol. The predicted molar refractivity (Wildman–Crippen MR) is 90.8 cm³/mol. The van der Waals surface area contributed by atoms with Gasteiger partial charge >= 0.3 is 5.97 Å². The number of nitrogens with one attached hydrogen (secondary N) is 1. The highest BCUT2D eigenvalue weighted by Gasteiger charge is 2.18. The Morgan fingerprint density at radius 1 is 1.17 bits per heavy atom. The van der Waals surface area contributed by atoms with Crippen molar-refractivity contribution in [2.75, 3.05) is 12.4 Å². The molecule has 126 valence electrons. The number of methoxy groups -OCH3 is 1. The number of rotatable bonds is 6. The maximum atomic E-state index is 12.4. The summed E-state index contributed by atoms with van der Waals surface area (Å²) in [6.45, 7) is 1.56. The van der Waals surface area contributed by atoms with Crippen LogP contribution in [0.15, 0.2) is 53.5 Å². The van der Waals surface area contributed by atoms with Crippen LogP contribution in [-0.2, 0) is 20.7 Å². The molecule has 0 aliphatic carbocycles. The van der Waals surface area contributed by atoms with Gasteiger partial charge in [-0.1, -0.05) is 30.3 Å². The van der Waals surface area contributed by atoms with Gasteiger partial charge < -0.3 is 10.1 Å². The molecule has 0 saturated carbocycles. The second-order valence-electron chi connectivity index (χ2n) is 5.37. The largest absolute Gasteiger partial charge is 0.467 e. The summed E-state index contributed by atoms with van der Waals surface area (Å²) in [5, 5.41) is 2.61. The molecular formula is C18H20N2O4. The van der Waals surface area contributed by atoms with Crippen molar-refractivity contribution in [1.29, 1.82) is 0 Å². The lowest BCUT2D eigenvalue weighted by Crippen LogP contribution is -2.31. The molecule has 0 bridgehead atoms. The van der Waals surface area contributed by atoms with Gasteiger partial charge in [-0.05, 0) is 31.0 Å². The van der Waals surface area contributed by atoms with E-state index in [4.69, 9.17) is 0 Å². The number of nitrogens with zero attached hydrogens (tertiary/aromatic N) is 1. The van der Waals surface area contributed by atoms with Crippen LogP contribution < -0.4 is 10.9 Å². The van der Waals surface area contributed by atoms with E-state index < -0.39 is 17.6 Å². The number of esters is 1. The monoisotopic (exact) mass is 328 g/mol. The van der Waals surface area contributed by atoms with Crippen LogP contribution in [0.1, 0.15) is 24.9 Å². The first kappa shape index (κ1) is 17.5. The summed E-state index contributed by atoms with van der Waals surface area (Å²) < 4.78 is 5.88. The molecule has 0 spiro atoms. The lowest BCUT2D eigenvalue weighted by atomic mass is 10.1. The molecule has 0 saturated heterocycles. The molecule has 0 aliphatic rings. The van der Waals surface area contributed by atoms with Gasteiger partial charge in [0, 0.05) is 12.6 Å². The number of amides is 1. The number of carbonyl (C=O) groups excluding carboxylic acids is 2. The molecule has 1 N–H and O–H groups in total. The Labute approximate surface area is 140 Å². The van der Waals surface area contributed by atoms with Crippen LogP contribution in [0.4, 0.5) is 5.69 Å². The van der Waals surface area contributed by atoms with Crippen LogP contribution in [0.3, 0.4) is 0 Å². The van der Waals surface area contributed by atoms with Crippen molar-refractivity contribution in [1.82, 2.24) is 4.57 Å². The van der Waals surface area contributed by atoms with Crippen molar-refractivity contribution in [2.45, 2.75) is 25.8 Å². The van der Waals surface area contributed by atoms with Gasteiger partial charge in [0.2, 0.25) is 5.91 Å². The normalized spacial score (nSPS) is 11.6. The van der Waals surface area contributed by atoms with Crippen LogP contribution in [0.2, 0.25) is 0 Å². The minimum atomic E-state index is -0.760. The number of aryl methyl sites for hydroxylation is 1. The Kier molecular flexibility index (Phi) is 5.89. The van der Waals surface area contributed by atoms with Gasteiger partial charge in [0.15, 0.2) is 0 Å². The summed E-state index contributed by atoms with van der Waals surface area (Å²) in [6.07, 6.45) is 2.35. The molecule has 1 atom stereocenters. The Bertz CT molecular complexity index is 768. The lowest BCUT2D eigenvalue weighted by molar-refractivity contribution is -0.144. The number of hydrogen-bond acceptors (Lipinski definition) is 4. The van der Waals surface area contributed by atoms with E-state index in [2.05, 4.69) is 10.1 Å². The molecular weight excluding hydrogens is 308 g/mol. The average Bonchev–Trinajstić information content (AvgIpc) is 2.61. The van der Waals surface area contributed by atoms with Crippen LogP contribution in [-0.4, -0.2) is 23.6 Å². The number of pyridine rings is 1. The third-order valence-electron chi connectivity index (χ3n) is 3.69. The first-order chi connectivity index (χ1) is 11.5. The standard InChI is InChI=1S/C18H20N2O4/c1-13(18(23)24-2)20-12-6-9-15(17(20)22)19-16(21)11-10-14-7-4-3-5-8-14/h3-9,12-13H,10-11H2,1-2H3,(H,19,21). The molecule has 24 heavy (non-hydrogen) atoms. The Morgan fingerprint density at radius 2 is 1.88 bits per heavy atom. The molecule has 6 heteroatoms. The maximum absolute atomic E-state index is 12.4. The van der Waals surface area contributed by atoms with Gasteiger partial charge in [0.05, 0.1) is 7.11 Å². The van der Waals surface area contributed by atoms with E-state index in [9.17, 15) is 14.4 Å². The fraction of sp³-hybridized carbons (Fsp3) is 0.278. The summed E-state index contributed by atoms with van der Waals surface area (Å²) in [5.41, 5.74) is 0.757. The van der Waals surface area contributed by atoms with Crippen LogP contribution in [0.25, 0.3) is 0 Å². The quantitative estimate of drug-likeness (QED) is 0.824. The van der Waals surface area contributed by atoms with Crippen molar-refractivity contribution < 1.29 is 14.3 Å². The fourth-order valence-electron chi connectivity index (χ4n) is 2.31. The molecule has 0 aliphatic heterocycles. The van der Waals surface area contributed by atoms with E-state index in [0.717, 1.165) is 5.56 Å². The highest BCUT2D eigenvalue weighted by atomic mass is 16.5. The van der Waals surface area contributed by atoms with Gasteiger partial charge in [-0.25, -0.2) is 4.79 Å². The number of aromatic nitrogens is 1. The summed E-state index contributed by atoms with van der Waals surface area (Å²) in [4.78, 5) is 36.0. The SMILES string of the molecule is COC(=O)C(C)n1cccc(NC(=O)CCc2ccccc2)c1=O. The summed E-state index contributed by atoms with van der Waals surface area (Å²) in [6, 6.07) is 12.0. The highest BCUT2D eigenvalue weighted by molar-refractivity contribution is 5.90. The lowest BCUT2D eigenvalue weighted by Gasteiger charge is -2.14. The van der Waals surface area contributed by atoms with E-state index in [1.807, 2.05) is 30.3 Å². The third-order valence-corrected chi connectivity index (χ3v) is 3.69. The molecule has 2 aromatic rings. The minimum absolute atomic E-state index is 0.145. The first-order valence-corrected chi connectivity index (χ1v) is 7.65. The molecule has 1 aromatic heterocycles. The van der Waals surface area contributed by atoms with E-state index >= 15 is 0 Å². The minimum Gasteiger partial charge on any atom is -0.467 e. The molecule has 2 rings (SSSR count). The van der Waals surface area contributed by atoms with Crippen molar-refractivity contribution >= 4 is 17.6 Å². The second-order valence-corrected chi connectivity index (χ2v) is 5.37.